The number of benzene rings is 1. The lowest BCUT2D eigenvalue weighted by Gasteiger charge is -2.34. The zero-order chi connectivity index (χ0) is 21.2. The van der Waals surface area contributed by atoms with Crippen molar-refractivity contribution in [2.24, 2.45) is 11.3 Å². The Labute approximate surface area is 175 Å². The van der Waals surface area contributed by atoms with Gasteiger partial charge in [0.1, 0.15) is 0 Å². The summed E-state index contributed by atoms with van der Waals surface area (Å²) < 4.78 is 0. The minimum atomic E-state index is -0.0746. The third-order valence-electron chi connectivity index (χ3n) is 6.08. The van der Waals surface area contributed by atoms with E-state index < -0.39 is 0 Å². The first-order chi connectivity index (χ1) is 13.6. The first kappa shape index (κ1) is 21.8. The van der Waals surface area contributed by atoms with Gasteiger partial charge in [-0.05, 0) is 55.2 Å². The van der Waals surface area contributed by atoms with Gasteiger partial charge in [-0.3, -0.25) is 9.59 Å². The zero-order valence-electron chi connectivity index (χ0n) is 18.7. The van der Waals surface area contributed by atoms with Gasteiger partial charge in [-0.25, -0.2) is 0 Å². The van der Waals surface area contributed by atoms with Gasteiger partial charge in [-0.1, -0.05) is 39.0 Å². The van der Waals surface area contributed by atoms with Crippen LogP contribution in [0.2, 0.25) is 0 Å². The van der Waals surface area contributed by atoms with Gasteiger partial charge in [0.2, 0.25) is 11.8 Å². The number of aryl methyl sites for hydroxylation is 1. The van der Waals surface area contributed by atoms with E-state index in [1.165, 1.54) is 16.7 Å². The Morgan fingerprint density at radius 3 is 2.55 bits per heavy atom. The highest BCUT2D eigenvalue weighted by molar-refractivity contribution is 5.80. The maximum Gasteiger partial charge on any atom is 0.227 e. The molecule has 1 aliphatic heterocycles. The second kappa shape index (κ2) is 8.86. The largest absolute Gasteiger partial charge is 0.352 e. The predicted octanol–water partition coefficient (Wildman–Crippen LogP) is 3.32. The van der Waals surface area contributed by atoms with E-state index in [1.807, 2.05) is 0 Å². The van der Waals surface area contributed by atoms with Crippen molar-refractivity contribution in [2.45, 2.75) is 78.9 Å². The van der Waals surface area contributed by atoms with E-state index in [2.05, 4.69) is 68.4 Å². The van der Waals surface area contributed by atoms with Crippen molar-refractivity contribution in [3.63, 3.8) is 0 Å². The summed E-state index contributed by atoms with van der Waals surface area (Å²) in [7, 11) is 0. The van der Waals surface area contributed by atoms with Crippen LogP contribution in [0.5, 0.6) is 0 Å². The lowest BCUT2D eigenvalue weighted by molar-refractivity contribution is -0.138. The number of piperidine rings is 1. The molecule has 29 heavy (non-hydrogen) atoms. The summed E-state index contributed by atoms with van der Waals surface area (Å²) in [5.74, 6) is 0.233. The molecule has 2 amide bonds. The van der Waals surface area contributed by atoms with Crippen LogP contribution in [0, 0.1) is 25.2 Å². The van der Waals surface area contributed by atoms with Crippen LogP contribution in [-0.4, -0.2) is 41.9 Å². The first-order valence-corrected chi connectivity index (χ1v) is 11.0. The maximum atomic E-state index is 13.4. The van der Waals surface area contributed by atoms with Crippen molar-refractivity contribution >= 4 is 11.8 Å². The maximum absolute atomic E-state index is 13.4. The monoisotopic (exact) mass is 399 g/mol. The molecule has 1 saturated carbocycles. The van der Waals surface area contributed by atoms with Crippen molar-refractivity contribution in [1.82, 2.24) is 15.5 Å². The third kappa shape index (κ3) is 6.05. The average Bonchev–Trinajstić information content (AvgIpc) is 3.46. The number of nitrogens with zero attached hydrogens (tertiary/aromatic N) is 1. The van der Waals surface area contributed by atoms with Crippen LogP contribution >= 0.6 is 0 Å². The molecule has 2 unspecified atom stereocenters. The molecule has 2 fully saturated rings. The fourth-order valence-corrected chi connectivity index (χ4v) is 4.17. The SMILES string of the molecule is Cc1cccc(CN(C(=O)C2CNCC(NC(=O)CC(C)(C)C)C2)C2CC2)c1C. The summed E-state index contributed by atoms with van der Waals surface area (Å²) in [5.41, 5.74) is 3.76. The van der Waals surface area contributed by atoms with E-state index in [0.717, 1.165) is 25.8 Å². The molecule has 1 aliphatic carbocycles. The van der Waals surface area contributed by atoms with Gasteiger partial charge in [-0.2, -0.15) is 0 Å². The smallest absolute Gasteiger partial charge is 0.227 e. The first-order valence-electron chi connectivity index (χ1n) is 11.0. The van der Waals surface area contributed by atoms with Gasteiger partial charge in [0.15, 0.2) is 0 Å². The van der Waals surface area contributed by atoms with Crippen molar-refractivity contribution < 1.29 is 9.59 Å². The van der Waals surface area contributed by atoms with Crippen molar-refractivity contribution in [1.29, 1.82) is 0 Å². The quantitative estimate of drug-likeness (QED) is 0.771. The summed E-state index contributed by atoms with van der Waals surface area (Å²) in [4.78, 5) is 27.8. The molecule has 1 aromatic rings. The molecule has 1 heterocycles. The number of amides is 2. The minimum Gasteiger partial charge on any atom is -0.352 e. The summed E-state index contributed by atoms with van der Waals surface area (Å²) in [6, 6.07) is 6.74. The molecule has 2 N–H and O–H groups in total. The number of hydrogen-bond donors (Lipinski definition) is 2. The van der Waals surface area contributed by atoms with Gasteiger partial charge in [0.05, 0.1) is 5.92 Å². The molecular weight excluding hydrogens is 362 g/mol. The molecule has 5 nitrogen and oxygen atoms in total. The number of carbonyl (C=O) groups is 2. The third-order valence-corrected chi connectivity index (χ3v) is 6.08. The Morgan fingerprint density at radius 1 is 1.17 bits per heavy atom. The van der Waals surface area contributed by atoms with Gasteiger partial charge < -0.3 is 15.5 Å². The second-order valence-corrected chi connectivity index (χ2v) is 10.1. The van der Waals surface area contributed by atoms with E-state index in [-0.39, 0.29) is 29.2 Å². The highest BCUT2D eigenvalue weighted by Gasteiger charge is 2.38. The summed E-state index contributed by atoms with van der Waals surface area (Å²) in [6.07, 6.45) is 3.42. The van der Waals surface area contributed by atoms with Gasteiger partial charge in [0, 0.05) is 38.1 Å². The van der Waals surface area contributed by atoms with Crippen LogP contribution in [0.3, 0.4) is 0 Å². The summed E-state index contributed by atoms with van der Waals surface area (Å²) in [6.45, 7) is 12.6. The van der Waals surface area contributed by atoms with Crippen LogP contribution in [0.25, 0.3) is 0 Å². The molecule has 5 heteroatoms. The highest BCUT2D eigenvalue weighted by Crippen LogP contribution is 2.31. The molecular formula is C24H37N3O2. The molecule has 1 saturated heterocycles. The number of carbonyl (C=O) groups excluding carboxylic acids is 2. The Bertz CT molecular complexity index is 749. The van der Waals surface area contributed by atoms with Crippen molar-refractivity contribution in [2.75, 3.05) is 13.1 Å². The van der Waals surface area contributed by atoms with E-state index in [0.29, 0.717) is 25.6 Å². The van der Waals surface area contributed by atoms with Crippen LogP contribution < -0.4 is 10.6 Å². The lowest BCUT2D eigenvalue weighted by Crippen LogP contribution is -2.53. The topological polar surface area (TPSA) is 61.4 Å². The van der Waals surface area contributed by atoms with Gasteiger partial charge in [0.25, 0.3) is 0 Å². The minimum absolute atomic E-state index is 0.0225. The molecule has 0 spiro atoms. The number of hydrogen-bond acceptors (Lipinski definition) is 3. The second-order valence-electron chi connectivity index (χ2n) is 10.1. The van der Waals surface area contributed by atoms with Crippen LogP contribution in [0.1, 0.15) is 63.1 Å². The Morgan fingerprint density at radius 2 is 1.90 bits per heavy atom. The molecule has 0 bridgehead atoms. The molecule has 0 radical (unpaired) electrons. The van der Waals surface area contributed by atoms with E-state index in [4.69, 9.17) is 0 Å². The summed E-state index contributed by atoms with van der Waals surface area (Å²) in [5, 5.41) is 6.51. The van der Waals surface area contributed by atoms with E-state index in [1.54, 1.807) is 0 Å². The Kier molecular flexibility index (Phi) is 6.67. The lowest BCUT2D eigenvalue weighted by atomic mass is 9.90. The van der Waals surface area contributed by atoms with Crippen molar-refractivity contribution in [3.05, 3.63) is 34.9 Å². The fourth-order valence-electron chi connectivity index (χ4n) is 4.17. The normalized spacial score (nSPS) is 22.2. The molecule has 1 aromatic carbocycles. The summed E-state index contributed by atoms with van der Waals surface area (Å²) >= 11 is 0. The molecule has 2 aliphatic rings. The van der Waals surface area contributed by atoms with Crippen molar-refractivity contribution in [3.8, 4) is 0 Å². The van der Waals surface area contributed by atoms with Gasteiger partial charge in [-0.15, -0.1) is 0 Å². The van der Waals surface area contributed by atoms with E-state index in [9.17, 15) is 9.59 Å². The predicted molar refractivity (Wildman–Crippen MR) is 116 cm³/mol. The van der Waals surface area contributed by atoms with Gasteiger partial charge >= 0.3 is 0 Å². The highest BCUT2D eigenvalue weighted by atomic mass is 16.2. The molecule has 0 aromatic heterocycles. The van der Waals surface area contributed by atoms with Crippen LogP contribution in [0.15, 0.2) is 18.2 Å². The average molecular weight is 400 g/mol. The zero-order valence-corrected chi connectivity index (χ0v) is 18.7. The Hall–Kier alpha value is -1.88. The Balaban J connectivity index is 1.64. The van der Waals surface area contributed by atoms with Crippen LogP contribution in [-0.2, 0) is 16.1 Å². The van der Waals surface area contributed by atoms with E-state index >= 15 is 0 Å². The molecule has 160 valence electrons. The standard InChI is InChI=1S/C24H37N3O2/c1-16-7-6-8-18(17(16)2)15-27(21-9-10-21)23(29)19-11-20(14-25-13-19)26-22(28)12-24(3,4)5/h6-8,19-21,25H,9-15H2,1-5H3,(H,26,28). The molecule has 3 rings (SSSR count). The molecule has 2 atom stereocenters. The van der Waals surface area contributed by atoms with Crippen LogP contribution in [0.4, 0.5) is 0 Å². The number of rotatable bonds is 6. The fraction of sp³-hybridized carbons (Fsp3) is 0.667. The number of nitrogens with one attached hydrogen (secondary N) is 2.